The predicted octanol–water partition coefficient (Wildman–Crippen LogP) is 2.68. The largest absolute Gasteiger partial charge is 0.369 e. The summed E-state index contributed by atoms with van der Waals surface area (Å²) in [4.78, 5) is 25.9. The standard InChI is InChI=1S/C18H18ClN3O2/c1-11-6-7-15(14(19)8-11)21-17(23)10-22-9-13(18(20)24)12-4-2-3-5-16(12)22/h2-8,13H,9-10H2,1H3,(H2,20,24)(H,21,23)/t13-/m1/s1. The van der Waals surface area contributed by atoms with Crippen LogP contribution >= 0.6 is 11.6 Å². The Morgan fingerprint density at radius 1 is 1.29 bits per heavy atom. The molecule has 3 N–H and O–H groups in total. The molecule has 124 valence electrons. The number of hydrogen-bond donors (Lipinski definition) is 2. The highest BCUT2D eigenvalue weighted by Crippen LogP contribution is 2.35. The smallest absolute Gasteiger partial charge is 0.243 e. The van der Waals surface area contributed by atoms with Crippen molar-refractivity contribution in [2.24, 2.45) is 5.73 Å². The van der Waals surface area contributed by atoms with E-state index in [1.54, 1.807) is 12.1 Å². The number of carbonyl (C=O) groups is 2. The van der Waals surface area contributed by atoms with E-state index < -0.39 is 5.92 Å². The molecular formula is C18H18ClN3O2. The molecule has 2 aromatic rings. The fourth-order valence-corrected chi connectivity index (χ4v) is 3.25. The number of rotatable bonds is 4. The molecule has 0 spiro atoms. The normalized spacial score (nSPS) is 15.9. The van der Waals surface area contributed by atoms with Gasteiger partial charge in [0, 0.05) is 12.2 Å². The Labute approximate surface area is 145 Å². The molecule has 1 heterocycles. The van der Waals surface area contributed by atoms with Gasteiger partial charge in [-0.3, -0.25) is 9.59 Å². The lowest BCUT2D eigenvalue weighted by molar-refractivity contribution is -0.119. The van der Waals surface area contributed by atoms with Gasteiger partial charge < -0.3 is 16.0 Å². The summed E-state index contributed by atoms with van der Waals surface area (Å²) in [7, 11) is 0. The van der Waals surface area contributed by atoms with E-state index in [4.69, 9.17) is 17.3 Å². The molecule has 1 aliphatic rings. The van der Waals surface area contributed by atoms with Crippen molar-refractivity contribution in [3.8, 4) is 0 Å². The highest BCUT2D eigenvalue weighted by molar-refractivity contribution is 6.33. The van der Waals surface area contributed by atoms with E-state index in [1.807, 2.05) is 42.2 Å². The number of amides is 2. The molecule has 0 aromatic heterocycles. The average Bonchev–Trinajstić information content (AvgIpc) is 2.89. The van der Waals surface area contributed by atoms with Gasteiger partial charge in [-0.05, 0) is 36.2 Å². The number of para-hydroxylation sites is 1. The Bertz CT molecular complexity index is 807. The van der Waals surface area contributed by atoms with Crippen LogP contribution in [0.1, 0.15) is 17.0 Å². The summed E-state index contributed by atoms with van der Waals surface area (Å²) in [6.07, 6.45) is 0. The van der Waals surface area contributed by atoms with Crippen LogP contribution in [0, 0.1) is 6.92 Å². The topological polar surface area (TPSA) is 75.4 Å². The van der Waals surface area contributed by atoms with E-state index in [0.29, 0.717) is 17.3 Å². The van der Waals surface area contributed by atoms with Gasteiger partial charge in [0.25, 0.3) is 0 Å². The Balaban J connectivity index is 1.74. The van der Waals surface area contributed by atoms with Crippen LogP contribution in [0.3, 0.4) is 0 Å². The summed E-state index contributed by atoms with van der Waals surface area (Å²) in [6.45, 7) is 2.47. The van der Waals surface area contributed by atoms with Gasteiger partial charge in [0.15, 0.2) is 0 Å². The molecule has 6 heteroatoms. The lowest BCUT2D eigenvalue weighted by Gasteiger charge is -2.19. The molecule has 0 saturated heterocycles. The third-order valence-corrected chi connectivity index (χ3v) is 4.45. The lowest BCUT2D eigenvalue weighted by atomic mass is 10.0. The summed E-state index contributed by atoms with van der Waals surface area (Å²) < 4.78 is 0. The Hall–Kier alpha value is -2.53. The highest BCUT2D eigenvalue weighted by Gasteiger charge is 2.32. The van der Waals surface area contributed by atoms with Crippen molar-refractivity contribution in [3.05, 3.63) is 58.6 Å². The number of hydrogen-bond acceptors (Lipinski definition) is 3. The number of halogens is 1. The molecule has 0 unspecified atom stereocenters. The maximum atomic E-state index is 12.4. The van der Waals surface area contributed by atoms with Crippen LogP contribution < -0.4 is 16.0 Å². The van der Waals surface area contributed by atoms with E-state index in [2.05, 4.69) is 5.32 Å². The number of fused-ring (bicyclic) bond motifs is 1. The van der Waals surface area contributed by atoms with Crippen molar-refractivity contribution in [2.45, 2.75) is 12.8 Å². The third-order valence-electron chi connectivity index (χ3n) is 4.13. The molecule has 24 heavy (non-hydrogen) atoms. The minimum atomic E-state index is -0.392. The zero-order valence-corrected chi connectivity index (χ0v) is 14.0. The number of aryl methyl sites for hydroxylation is 1. The van der Waals surface area contributed by atoms with Gasteiger partial charge in [0.2, 0.25) is 11.8 Å². The Morgan fingerprint density at radius 3 is 2.75 bits per heavy atom. The number of anilines is 2. The van der Waals surface area contributed by atoms with Gasteiger partial charge in [-0.15, -0.1) is 0 Å². The summed E-state index contributed by atoms with van der Waals surface area (Å²) in [5, 5.41) is 3.31. The zero-order valence-electron chi connectivity index (χ0n) is 13.3. The van der Waals surface area contributed by atoms with E-state index in [-0.39, 0.29) is 18.4 Å². The van der Waals surface area contributed by atoms with Crippen LogP contribution in [0.5, 0.6) is 0 Å². The first-order valence-corrected chi connectivity index (χ1v) is 8.02. The van der Waals surface area contributed by atoms with Gasteiger partial charge in [-0.1, -0.05) is 35.9 Å². The quantitative estimate of drug-likeness (QED) is 0.896. The van der Waals surface area contributed by atoms with Gasteiger partial charge in [-0.2, -0.15) is 0 Å². The van der Waals surface area contributed by atoms with Crippen LogP contribution in [0.2, 0.25) is 5.02 Å². The molecule has 0 fully saturated rings. The zero-order chi connectivity index (χ0) is 17.3. The van der Waals surface area contributed by atoms with Crippen molar-refractivity contribution < 1.29 is 9.59 Å². The van der Waals surface area contributed by atoms with Gasteiger partial charge in [0.05, 0.1) is 23.2 Å². The molecule has 2 aromatic carbocycles. The first-order valence-electron chi connectivity index (χ1n) is 7.65. The van der Waals surface area contributed by atoms with Crippen molar-refractivity contribution in [3.63, 3.8) is 0 Å². The maximum Gasteiger partial charge on any atom is 0.243 e. The van der Waals surface area contributed by atoms with Gasteiger partial charge in [0.1, 0.15) is 0 Å². The number of nitrogens with two attached hydrogens (primary N) is 1. The molecule has 0 radical (unpaired) electrons. The van der Waals surface area contributed by atoms with Crippen LogP contribution in [-0.4, -0.2) is 24.9 Å². The number of benzene rings is 2. The average molecular weight is 344 g/mol. The highest BCUT2D eigenvalue weighted by atomic mass is 35.5. The minimum Gasteiger partial charge on any atom is -0.369 e. The fourth-order valence-electron chi connectivity index (χ4n) is 2.96. The summed E-state index contributed by atoms with van der Waals surface area (Å²) in [5.74, 6) is -0.968. The monoisotopic (exact) mass is 343 g/mol. The molecule has 0 bridgehead atoms. The van der Waals surface area contributed by atoms with E-state index >= 15 is 0 Å². The second-order valence-corrected chi connectivity index (χ2v) is 6.33. The first kappa shape index (κ1) is 16.3. The van der Waals surface area contributed by atoms with E-state index in [9.17, 15) is 9.59 Å². The molecule has 1 atom stereocenters. The molecule has 2 amide bonds. The number of carbonyl (C=O) groups excluding carboxylic acids is 2. The van der Waals surface area contributed by atoms with E-state index in [0.717, 1.165) is 16.8 Å². The molecule has 3 rings (SSSR count). The molecule has 1 aliphatic heterocycles. The number of nitrogens with zero attached hydrogens (tertiary/aromatic N) is 1. The minimum absolute atomic E-state index is 0.130. The second-order valence-electron chi connectivity index (χ2n) is 5.93. The van der Waals surface area contributed by atoms with Crippen molar-refractivity contribution in [1.82, 2.24) is 0 Å². The number of primary amides is 1. The SMILES string of the molecule is Cc1ccc(NC(=O)CN2C[C@@H](C(N)=O)c3ccccc32)c(Cl)c1. The maximum absolute atomic E-state index is 12.4. The van der Waals surface area contributed by atoms with Crippen LogP contribution in [0.4, 0.5) is 11.4 Å². The first-order chi connectivity index (χ1) is 11.5. The number of nitrogens with one attached hydrogen (secondary N) is 1. The van der Waals surface area contributed by atoms with E-state index in [1.165, 1.54) is 0 Å². The second kappa shape index (κ2) is 6.53. The predicted molar refractivity (Wildman–Crippen MR) is 95.4 cm³/mol. The van der Waals surface area contributed by atoms with Gasteiger partial charge in [-0.25, -0.2) is 0 Å². The fraction of sp³-hybridized carbons (Fsp3) is 0.222. The summed E-state index contributed by atoms with van der Waals surface area (Å²) in [5.41, 5.74) is 8.81. The van der Waals surface area contributed by atoms with Crippen LogP contribution in [0.25, 0.3) is 0 Å². The lowest BCUT2D eigenvalue weighted by Crippen LogP contribution is -2.34. The van der Waals surface area contributed by atoms with Crippen molar-refractivity contribution in [1.29, 1.82) is 0 Å². The third kappa shape index (κ3) is 3.21. The summed E-state index contributed by atoms with van der Waals surface area (Å²) in [6, 6.07) is 13.0. The molecule has 0 saturated carbocycles. The van der Waals surface area contributed by atoms with Crippen LogP contribution in [0.15, 0.2) is 42.5 Å². The van der Waals surface area contributed by atoms with Crippen molar-refractivity contribution in [2.75, 3.05) is 23.3 Å². The molecule has 0 aliphatic carbocycles. The van der Waals surface area contributed by atoms with Crippen LogP contribution in [-0.2, 0) is 9.59 Å². The molecular weight excluding hydrogens is 326 g/mol. The Kier molecular flexibility index (Phi) is 4.44. The molecule has 5 nitrogen and oxygen atoms in total. The van der Waals surface area contributed by atoms with Crippen molar-refractivity contribution >= 4 is 34.8 Å². The van der Waals surface area contributed by atoms with Gasteiger partial charge >= 0.3 is 0 Å². The summed E-state index contributed by atoms with van der Waals surface area (Å²) >= 11 is 6.15. The Morgan fingerprint density at radius 2 is 2.04 bits per heavy atom.